The molecule has 0 N–H and O–H groups in total. The fourth-order valence-electron chi connectivity index (χ4n) is 2.91. The van der Waals surface area contributed by atoms with Crippen LogP contribution in [-0.2, 0) is 20.9 Å². The van der Waals surface area contributed by atoms with Crippen molar-refractivity contribution in [3.05, 3.63) is 65.7 Å². The first-order valence-electron chi connectivity index (χ1n) is 7.53. The van der Waals surface area contributed by atoms with E-state index in [0.29, 0.717) is 6.61 Å². The van der Waals surface area contributed by atoms with Crippen molar-refractivity contribution in [3.63, 3.8) is 0 Å². The van der Waals surface area contributed by atoms with Gasteiger partial charge in [0.2, 0.25) is 0 Å². The molecule has 2 aromatic rings. The number of ether oxygens (including phenoxy) is 2. The summed E-state index contributed by atoms with van der Waals surface area (Å²) < 4.78 is 10.8. The summed E-state index contributed by atoms with van der Waals surface area (Å²) in [7, 11) is 1.59. The highest BCUT2D eigenvalue weighted by Crippen LogP contribution is 2.40. The van der Waals surface area contributed by atoms with Crippen LogP contribution in [0.5, 0.6) is 5.75 Å². The molecule has 0 spiro atoms. The molecule has 3 atom stereocenters. The maximum absolute atomic E-state index is 12.4. The second-order valence-corrected chi connectivity index (χ2v) is 5.58. The molecule has 0 aromatic heterocycles. The molecule has 118 valence electrons. The quantitative estimate of drug-likeness (QED) is 0.770. The minimum atomic E-state index is -0.653. The molecule has 1 fully saturated rings. The first-order chi connectivity index (χ1) is 11.2. The van der Waals surface area contributed by atoms with E-state index in [0.717, 1.165) is 23.2 Å². The van der Waals surface area contributed by atoms with Crippen LogP contribution in [0.15, 0.2) is 54.6 Å². The van der Waals surface area contributed by atoms with Crippen molar-refractivity contribution in [2.24, 2.45) is 5.92 Å². The van der Waals surface area contributed by atoms with Gasteiger partial charge in [-0.3, -0.25) is 4.79 Å². The molecule has 2 aromatic carbocycles. The molecule has 0 heterocycles. The van der Waals surface area contributed by atoms with Crippen LogP contribution in [-0.4, -0.2) is 25.3 Å². The fourth-order valence-corrected chi connectivity index (χ4v) is 2.91. The van der Waals surface area contributed by atoms with E-state index >= 15 is 0 Å². The first-order valence-corrected chi connectivity index (χ1v) is 7.53. The fraction of sp³-hybridized carbons (Fsp3) is 0.263. The number of carbonyl (C=O) groups excluding carboxylic acids is 2. The van der Waals surface area contributed by atoms with Gasteiger partial charge in [0, 0.05) is 0 Å². The van der Waals surface area contributed by atoms with Crippen LogP contribution in [0.25, 0.3) is 0 Å². The molecule has 0 amide bonds. The molecule has 23 heavy (non-hydrogen) atoms. The van der Waals surface area contributed by atoms with E-state index in [9.17, 15) is 9.59 Å². The predicted molar refractivity (Wildman–Crippen MR) is 85.3 cm³/mol. The van der Waals surface area contributed by atoms with Crippen molar-refractivity contribution in [3.8, 4) is 5.75 Å². The lowest BCUT2D eigenvalue weighted by Crippen LogP contribution is -2.52. The number of aldehydes is 1. The van der Waals surface area contributed by atoms with Gasteiger partial charge < -0.3 is 14.3 Å². The highest BCUT2D eigenvalue weighted by Gasteiger charge is 2.51. The number of ketones is 1. The summed E-state index contributed by atoms with van der Waals surface area (Å²) in [6.45, 7) is 0.330. The minimum Gasteiger partial charge on any atom is -0.497 e. The van der Waals surface area contributed by atoms with Crippen molar-refractivity contribution in [1.82, 2.24) is 0 Å². The summed E-state index contributed by atoms with van der Waals surface area (Å²) in [4.78, 5) is 23.8. The van der Waals surface area contributed by atoms with E-state index in [4.69, 9.17) is 9.47 Å². The first kappa shape index (κ1) is 15.4. The lowest BCUT2D eigenvalue weighted by Gasteiger charge is -2.39. The molecule has 1 saturated carbocycles. The largest absolute Gasteiger partial charge is 0.497 e. The summed E-state index contributed by atoms with van der Waals surface area (Å²) in [6, 6.07) is 16.9. The highest BCUT2D eigenvalue weighted by atomic mass is 16.5. The van der Waals surface area contributed by atoms with E-state index in [1.165, 1.54) is 0 Å². The van der Waals surface area contributed by atoms with E-state index in [1.54, 1.807) is 19.2 Å². The van der Waals surface area contributed by atoms with Crippen LogP contribution < -0.4 is 4.74 Å². The number of benzene rings is 2. The maximum atomic E-state index is 12.4. The molecule has 1 aliphatic rings. The second-order valence-electron chi connectivity index (χ2n) is 5.58. The minimum absolute atomic E-state index is 0.0387. The van der Waals surface area contributed by atoms with Gasteiger partial charge in [-0.1, -0.05) is 42.5 Å². The smallest absolute Gasteiger partial charge is 0.170 e. The third-order valence-electron chi connectivity index (χ3n) is 4.23. The summed E-state index contributed by atoms with van der Waals surface area (Å²) in [5, 5.41) is 0. The number of carbonyl (C=O) groups is 2. The Bertz CT molecular complexity index is 678. The zero-order valence-electron chi connectivity index (χ0n) is 12.8. The summed E-state index contributed by atoms with van der Waals surface area (Å²) in [5.74, 6) is -0.165. The molecule has 0 aliphatic heterocycles. The van der Waals surface area contributed by atoms with Gasteiger partial charge >= 0.3 is 0 Å². The molecule has 1 aliphatic carbocycles. The molecule has 0 saturated heterocycles. The van der Waals surface area contributed by atoms with Crippen molar-refractivity contribution in [1.29, 1.82) is 0 Å². The maximum Gasteiger partial charge on any atom is 0.170 e. The zero-order chi connectivity index (χ0) is 16.2. The summed E-state index contributed by atoms with van der Waals surface area (Å²) in [5.41, 5.74) is 1.81. The highest BCUT2D eigenvalue weighted by molar-refractivity contribution is 6.01. The lowest BCUT2D eigenvalue weighted by molar-refractivity contribution is -0.157. The van der Waals surface area contributed by atoms with Gasteiger partial charge in [0.1, 0.15) is 18.1 Å². The normalized spacial score (nSPS) is 23.2. The monoisotopic (exact) mass is 310 g/mol. The number of Topliss-reactive ketones (excluding diaryl/α,β-unsaturated/α-hetero) is 1. The predicted octanol–water partition coefficient (Wildman–Crippen LogP) is 2.76. The van der Waals surface area contributed by atoms with Gasteiger partial charge in [-0.2, -0.15) is 0 Å². The third-order valence-corrected chi connectivity index (χ3v) is 4.23. The van der Waals surface area contributed by atoms with Gasteiger partial charge in [-0.25, -0.2) is 0 Å². The van der Waals surface area contributed by atoms with Crippen LogP contribution in [0.4, 0.5) is 0 Å². The van der Waals surface area contributed by atoms with Crippen molar-refractivity contribution in [2.45, 2.75) is 18.6 Å². The Kier molecular flexibility index (Phi) is 4.53. The molecule has 0 radical (unpaired) electrons. The average molecular weight is 310 g/mol. The Morgan fingerprint density at radius 1 is 1.04 bits per heavy atom. The van der Waals surface area contributed by atoms with Crippen LogP contribution in [0, 0.1) is 5.92 Å². The lowest BCUT2D eigenvalue weighted by atomic mass is 9.67. The van der Waals surface area contributed by atoms with Crippen LogP contribution >= 0.6 is 0 Å². The Balaban J connectivity index is 1.68. The van der Waals surface area contributed by atoms with E-state index < -0.39 is 17.9 Å². The molecule has 4 nitrogen and oxygen atoms in total. The molecular weight excluding hydrogens is 292 g/mol. The Hall–Kier alpha value is -2.46. The molecule has 4 heteroatoms. The van der Waals surface area contributed by atoms with E-state index in [-0.39, 0.29) is 5.78 Å². The topological polar surface area (TPSA) is 52.6 Å². The SMILES string of the molecule is COc1ccc(C2C(=O)[C@@H](OCc3ccccc3)[C@H]2C=O)cc1. The number of methoxy groups -OCH3 is 1. The average Bonchev–Trinajstić information content (AvgIpc) is 2.61. The zero-order valence-corrected chi connectivity index (χ0v) is 12.8. The number of rotatable bonds is 6. The summed E-state index contributed by atoms with van der Waals surface area (Å²) in [6.07, 6.45) is 0.172. The molecule has 0 bridgehead atoms. The number of hydrogen-bond donors (Lipinski definition) is 0. The number of hydrogen-bond acceptors (Lipinski definition) is 4. The second kappa shape index (κ2) is 6.75. The summed E-state index contributed by atoms with van der Waals surface area (Å²) >= 11 is 0. The third kappa shape index (κ3) is 3.03. The van der Waals surface area contributed by atoms with Crippen molar-refractivity contribution < 1.29 is 19.1 Å². The van der Waals surface area contributed by atoms with Gasteiger partial charge in [-0.15, -0.1) is 0 Å². The van der Waals surface area contributed by atoms with Crippen LogP contribution in [0.3, 0.4) is 0 Å². The standard InChI is InChI=1S/C19H18O4/c1-22-15-9-7-14(8-10-15)17-16(11-20)19(18(17)21)23-12-13-5-3-2-4-6-13/h2-11,16-17,19H,12H2,1H3/t16-,17?,19-/m0/s1. The van der Waals surface area contributed by atoms with Gasteiger partial charge in [0.05, 0.1) is 25.6 Å². The van der Waals surface area contributed by atoms with Crippen molar-refractivity contribution >= 4 is 12.1 Å². The molecule has 1 unspecified atom stereocenters. The van der Waals surface area contributed by atoms with E-state index in [1.807, 2.05) is 42.5 Å². The Labute approximate surface area is 135 Å². The van der Waals surface area contributed by atoms with Crippen molar-refractivity contribution in [2.75, 3.05) is 7.11 Å². The van der Waals surface area contributed by atoms with Gasteiger partial charge in [0.25, 0.3) is 0 Å². The van der Waals surface area contributed by atoms with Gasteiger partial charge in [-0.05, 0) is 23.3 Å². The van der Waals surface area contributed by atoms with E-state index in [2.05, 4.69) is 0 Å². The molecular formula is C19H18O4. The molecule has 3 rings (SSSR count). The Morgan fingerprint density at radius 2 is 1.74 bits per heavy atom. The van der Waals surface area contributed by atoms with Gasteiger partial charge in [0.15, 0.2) is 5.78 Å². The van der Waals surface area contributed by atoms with Crippen LogP contribution in [0.1, 0.15) is 17.0 Å². The van der Waals surface area contributed by atoms with Crippen LogP contribution in [0.2, 0.25) is 0 Å². The Morgan fingerprint density at radius 3 is 2.35 bits per heavy atom.